The van der Waals surface area contributed by atoms with Crippen molar-refractivity contribution >= 4 is 45.0 Å². The number of imidazole rings is 1. The molecular weight excluding hydrogens is 406 g/mol. The number of nitriles is 1. The second-order valence-electron chi connectivity index (χ2n) is 7.80. The van der Waals surface area contributed by atoms with E-state index in [0.717, 1.165) is 55.4 Å². The van der Waals surface area contributed by atoms with E-state index < -0.39 is 0 Å². The van der Waals surface area contributed by atoms with Crippen LogP contribution in [-0.4, -0.2) is 19.9 Å². The molecule has 0 bridgehead atoms. The Morgan fingerprint density at radius 2 is 1.30 bits per heavy atom. The molecule has 6 aromatic rings. The number of benzene rings is 3. The fraction of sp³-hybridized carbons (Fsp3) is 0. The molecule has 33 heavy (non-hydrogen) atoms. The van der Waals surface area contributed by atoms with Crippen LogP contribution in [0.3, 0.4) is 0 Å². The molecule has 0 fully saturated rings. The molecule has 5 nitrogen and oxygen atoms in total. The molecule has 3 aromatic heterocycles. The minimum absolute atomic E-state index is 0.662. The summed E-state index contributed by atoms with van der Waals surface area (Å²) in [6.45, 7) is 0. The molecule has 0 radical (unpaired) electrons. The average molecular weight is 423 g/mol. The zero-order valence-electron chi connectivity index (χ0n) is 17.5. The summed E-state index contributed by atoms with van der Waals surface area (Å²) in [5.41, 5.74) is 7.42. The second-order valence-corrected chi connectivity index (χ2v) is 7.80. The third-order valence-electron chi connectivity index (χ3n) is 5.76. The van der Waals surface area contributed by atoms with Crippen LogP contribution >= 0.6 is 0 Å². The Morgan fingerprint density at radius 3 is 1.97 bits per heavy atom. The van der Waals surface area contributed by atoms with Gasteiger partial charge >= 0.3 is 0 Å². The first-order chi connectivity index (χ1) is 16.3. The number of nitrogens with one attached hydrogen (secondary N) is 1. The highest BCUT2D eigenvalue weighted by atomic mass is 14.9. The van der Waals surface area contributed by atoms with E-state index in [1.165, 1.54) is 0 Å². The monoisotopic (exact) mass is 423 g/mol. The summed E-state index contributed by atoms with van der Waals surface area (Å²) >= 11 is 0. The zero-order chi connectivity index (χ0) is 22.2. The Morgan fingerprint density at radius 1 is 0.697 bits per heavy atom. The van der Waals surface area contributed by atoms with E-state index in [1.54, 1.807) is 12.4 Å². The van der Waals surface area contributed by atoms with Crippen molar-refractivity contribution in [3.63, 3.8) is 0 Å². The molecule has 0 amide bonds. The van der Waals surface area contributed by atoms with Gasteiger partial charge in [-0.15, -0.1) is 0 Å². The summed E-state index contributed by atoms with van der Waals surface area (Å²) in [6.07, 6.45) is 7.68. The summed E-state index contributed by atoms with van der Waals surface area (Å²) < 4.78 is 0. The van der Waals surface area contributed by atoms with Gasteiger partial charge in [-0.25, -0.2) is 4.98 Å². The maximum atomic E-state index is 8.92. The highest BCUT2D eigenvalue weighted by molar-refractivity contribution is 6.21. The van der Waals surface area contributed by atoms with Crippen LogP contribution in [0.5, 0.6) is 0 Å². The Bertz CT molecular complexity index is 1630. The maximum absolute atomic E-state index is 8.92. The fourth-order valence-electron chi connectivity index (χ4n) is 4.09. The summed E-state index contributed by atoms with van der Waals surface area (Å²) in [4.78, 5) is 17.6. The average Bonchev–Trinajstić information content (AvgIpc) is 3.34. The number of aromatic nitrogens is 4. The first-order valence-electron chi connectivity index (χ1n) is 10.6. The van der Waals surface area contributed by atoms with Gasteiger partial charge in [-0.2, -0.15) is 5.26 Å². The van der Waals surface area contributed by atoms with Gasteiger partial charge in [0, 0.05) is 28.7 Å². The van der Waals surface area contributed by atoms with E-state index >= 15 is 0 Å². The van der Waals surface area contributed by atoms with Crippen molar-refractivity contribution < 1.29 is 0 Å². The van der Waals surface area contributed by atoms with Gasteiger partial charge in [-0.05, 0) is 47.5 Å². The third kappa shape index (κ3) is 3.31. The standard InChI is InChI=1S/C28H17N5/c29-17-20-9-7-18(8-10-20)5-6-19-11-13-21(14-12-19)28-32-26-22-3-1-15-30-24(22)25-23(27(26)33-28)4-2-16-31-25/h1-16H,(H,32,33)/b6-5+. The molecule has 0 aliphatic rings. The lowest BCUT2D eigenvalue weighted by atomic mass is 10.1. The molecule has 0 unspecified atom stereocenters. The molecule has 0 spiro atoms. The largest absolute Gasteiger partial charge is 0.337 e. The van der Waals surface area contributed by atoms with Crippen LogP contribution in [0, 0.1) is 11.3 Å². The van der Waals surface area contributed by atoms with Gasteiger partial charge < -0.3 is 4.98 Å². The number of pyridine rings is 2. The van der Waals surface area contributed by atoms with E-state index in [2.05, 4.69) is 57.4 Å². The number of fused-ring (bicyclic) bond motifs is 6. The smallest absolute Gasteiger partial charge is 0.138 e. The highest BCUT2D eigenvalue weighted by Crippen LogP contribution is 2.33. The number of H-pyrrole nitrogens is 1. The van der Waals surface area contributed by atoms with Gasteiger partial charge in [0.05, 0.1) is 33.7 Å². The van der Waals surface area contributed by atoms with Crippen LogP contribution in [0.2, 0.25) is 0 Å². The molecule has 3 aromatic carbocycles. The Hall–Kier alpha value is -4.82. The van der Waals surface area contributed by atoms with Gasteiger partial charge in [0.15, 0.2) is 0 Å². The number of hydrogen-bond donors (Lipinski definition) is 1. The zero-order valence-corrected chi connectivity index (χ0v) is 17.5. The molecule has 5 heteroatoms. The van der Waals surface area contributed by atoms with Crippen LogP contribution in [0.1, 0.15) is 16.7 Å². The van der Waals surface area contributed by atoms with E-state index in [4.69, 9.17) is 10.2 Å². The lowest BCUT2D eigenvalue weighted by Gasteiger charge is -2.03. The predicted octanol–water partition coefficient (Wildman–Crippen LogP) is 6.37. The number of rotatable bonds is 3. The maximum Gasteiger partial charge on any atom is 0.138 e. The first-order valence-corrected chi connectivity index (χ1v) is 10.6. The molecular formula is C28H17N5. The van der Waals surface area contributed by atoms with Crippen LogP contribution < -0.4 is 0 Å². The SMILES string of the molecule is N#Cc1ccc(/C=C/c2ccc(-c3nc4c5cccnc5c5ncccc5c4[nH]3)cc2)cc1. The quantitative estimate of drug-likeness (QED) is 0.265. The van der Waals surface area contributed by atoms with Crippen LogP contribution in [0.4, 0.5) is 0 Å². The van der Waals surface area contributed by atoms with E-state index in [9.17, 15) is 0 Å². The number of aromatic amines is 1. The second kappa shape index (κ2) is 7.70. The molecule has 0 saturated carbocycles. The van der Waals surface area contributed by atoms with E-state index in [-0.39, 0.29) is 0 Å². The molecule has 6 rings (SSSR count). The van der Waals surface area contributed by atoms with Crippen LogP contribution in [0.25, 0.3) is 56.4 Å². The van der Waals surface area contributed by atoms with Gasteiger partial charge in [0.2, 0.25) is 0 Å². The topological polar surface area (TPSA) is 78.2 Å². The summed E-state index contributed by atoms with van der Waals surface area (Å²) in [5.74, 6) is 0.814. The van der Waals surface area contributed by atoms with Crippen LogP contribution in [-0.2, 0) is 0 Å². The lowest BCUT2D eigenvalue weighted by Crippen LogP contribution is -1.86. The molecule has 0 atom stereocenters. The molecule has 0 saturated heterocycles. The Kier molecular flexibility index (Phi) is 4.41. The molecule has 0 aliphatic carbocycles. The van der Waals surface area contributed by atoms with Crippen molar-refractivity contribution in [2.45, 2.75) is 0 Å². The van der Waals surface area contributed by atoms with Gasteiger partial charge in [0.25, 0.3) is 0 Å². The summed E-state index contributed by atoms with van der Waals surface area (Å²) in [7, 11) is 0. The molecule has 1 N–H and O–H groups in total. The summed E-state index contributed by atoms with van der Waals surface area (Å²) in [6, 6.07) is 25.9. The van der Waals surface area contributed by atoms with Crippen molar-refractivity contribution in [3.8, 4) is 17.5 Å². The minimum atomic E-state index is 0.662. The van der Waals surface area contributed by atoms with E-state index in [1.807, 2.05) is 48.5 Å². The Balaban J connectivity index is 1.39. The number of nitrogens with zero attached hydrogens (tertiary/aromatic N) is 4. The van der Waals surface area contributed by atoms with Crippen LogP contribution in [0.15, 0.2) is 85.2 Å². The van der Waals surface area contributed by atoms with Gasteiger partial charge in [-0.3, -0.25) is 9.97 Å². The molecule has 3 heterocycles. The van der Waals surface area contributed by atoms with Gasteiger partial charge in [-0.1, -0.05) is 48.6 Å². The summed E-state index contributed by atoms with van der Waals surface area (Å²) in [5, 5.41) is 10.9. The fourth-order valence-corrected chi connectivity index (χ4v) is 4.09. The van der Waals surface area contributed by atoms with Gasteiger partial charge in [0.1, 0.15) is 5.82 Å². The van der Waals surface area contributed by atoms with Crippen molar-refractivity contribution in [1.29, 1.82) is 5.26 Å². The van der Waals surface area contributed by atoms with Crippen molar-refractivity contribution in [2.24, 2.45) is 0 Å². The predicted molar refractivity (Wildman–Crippen MR) is 132 cm³/mol. The third-order valence-corrected chi connectivity index (χ3v) is 5.76. The number of hydrogen-bond acceptors (Lipinski definition) is 4. The van der Waals surface area contributed by atoms with Crippen molar-refractivity contribution in [3.05, 3.63) is 102 Å². The lowest BCUT2D eigenvalue weighted by molar-refractivity contribution is 1.34. The van der Waals surface area contributed by atoms with Crippen molar-refractivity contribution in [2.75, 3.05) is 0 Å². The highest BCUT2D eigenvalue weighted by Gasteiger charge is 2.14. The van der Waals surface area contributed by atoms with E-state index in [0.29, 0.717) is 5.56 Å². The minimum Gasteiger partial charge on any atom is -0.337 e. The van der Waals surface area contributed by atoms with Crippen molar-refractivity contribution in [1.82, 2.24) is 19.9 Å². The molecule has 0 aliphatic heterocycles. The first kappa shape index (κ1) is 18.9. The molecule has 154 valence electrons. The normalized spacial score (nSPS) is 11.5. The Labute approximate surface area is 189 Å².